The number of pyridine rings is 1. The number of piperazine rings is 1. The number of aromatic nitrogens is 1. The molecule has 0 spiro atoms. The molecule has 1 fully saturated rings. The minimum Gasteiger partial charge on any atom is -0.489 e. The van der Waals surface area contributed by atoms with Crippen LogP contribution in [0.4, 0.5) is 5.69 Å². The Morgan fingerprint density at radius 1 is 0.938 bits per heavy atom. The topological polar surface area (TPSA) is 54.8 Å². The molecule has 1 saturated heterocycles. The number of benzene rings is 2. The van der Waals surface area contributed by atoms with Gasteiger partial charge in [0.25, 0.3) is 11.5 Å². The van der Waals surface area contributed by atoms with Crippen LogP contribution in [0.2, 0.25) is 0 Å². The molecular formula is C26H29N3O3. The molecule has 0 aliphatic carbocycles. The van der Waals surface area contributed by atoms with Crippen molar-refractivity contribution < 1.29 is 9.53 Å². The fourth-order valence-corrected chi connectivity index (χ4v) is 4.01. The molecule has 0 bridgehead atoms. The van der Waals surface area contributed by atoms with E-state index in [1.54, 1.807) is 18.2 Å². The minimum absolute atomic E-state index is 0.138. The van der Waals surface area contributed by atoms with Gasteiger partial charge in [0.05, 0.1) is 11.8 Å². The molecule has 0 radical (unpaired) electrons. The summed E-state index contributed by atoms with van der Waals surface area (Å²) in [6.45, 7) is 8.53. The predicted molar refractivity (Wildman–Crippen MR) is 127 cm³/mol. The van der Waals surface area contributed by atoms with E-state index in [4.69, 9.17) is 4.74 Å². The molecule has 6 nitrogen and oxygen atoms in total. The number of anilines is 1. The van der Waals surface area contributed by atoms with E-state index >= 15 is 0 Å². The van der Waals surface area contributed by atoms with E-state index in [1.807, 2.05) is 44.2 Å². The number of ether oxygens (including phenoxy) is 1. The Labute approximate surface area is 188 Å². The Bertz CT molecular complexity index is 1130. The number of hydrogen-bond donors (Lipinski definition) is 0. The van der Waals surface area contributed by atoms with Crippen LogP contribution in [0.5, 0.6) is 5.75 Å². The van der Waals surface area contributed by atoms with Crippen molar-refractivity contribution in [2.75, 3.05) is 31.1 Å². The zero-order chi connectivity index (χ0) is 22.5. The number of carbonyl (C=O) groups excluding carboxylic acids is 1. The fraction of sp³-hybridized carbons (Fsp3) is 0.308. The first-order valence-corrected chi connectivity index (χ1v) is 11.1. The molecule has 0 unspecified atom stereocenters. The van der Waals surface area contributed by atoms with Crippen LogP contribution in [0.25, 0.3) is 0 Å². The summed E-state index contributed by atoms with van der Waals surface area (Å²) in [6, 6.07) is 20.5. The van der Waals surface area contributed by atoms with Gasteiger partial charge in [-0.25, -0.2) is 4.57 Å². The molecule has 0 N–H and O–H groups in total. The van der Waals surface area contributed by atoms with E-state index in [0.29, 0.717) is 5.56 Å². The van der Waals surface area contributed by atoms with E-state index in [2.05, 4.69) is 21.9 Å². The third kappa shape index (κ3) is 5.08. The van der Waals surface area contributed by atoms with Crippen LogP contribution in [-0.4, -0.2) is 47.7 Å². The maximum Gasteiger partial charge on any atom is 0.264 e. The normalized spacial score (nSPS) is 14.5. The van der Waals surface area contributed by atoms with Gasteiger partial charge in [0.15, 0.2) is 0 Å². The minimum atomic E-state index is -0.319. The Hall–Kier alpha value is -3.38. The van der Waals surface area contributed by atoms with Crippen molar-refractivity contribution in [2.24, 2.45) is 0 Å². The van der Waals surface area contributed by atoms with Crippen LogP contribution in [-0.2, 0) is 6.54 Å². The maximum atomic E-state index is 12.8. The molecule has 1 aliphatic heterocycles. The average Bonchev–Trinajstić information content (AvgIpc) is 2.80. The molecule has 2 heterocycles. The van der Waals surface area contributed by atoms with Gasteiger partial charge in [-0.2, -0.15) is 0 Å². The van der Waals surface area contributed by atoms with E-state index in [1.165, 1.54) is 12.3 Å². The molecule has 6 heteroatoms. The first kappa shape index (κ1) is 21.8. The highest BCUT2D eigenvalue weighted by Crippen LogP contribution is 2.29. The van der Waals surface area contributed by atoms with Crippen LogP contribution < -0.4 is 15.2 Å². The molecule has 1 aromatic heterocycles. The number of rotatable bonds is 6. The fourth-order valence-electron chi connectivity index (χ4n) is 4.01. The van der Waals surface area contributed by atoms with Gasteiger partial charge in [-0.05, 0) is 49.7 Å². The van der Waals surface area contributed by atoms with E-state index < -0.39 is 0 Å². The molecule has 1 aliphatic rings. The predicted octanol–water partition coefficient (Wildman–Crippen LogP) is 3.65. The zero-order valence-electron chi connectivity index (χ0n) is 18.6. The van der Waals surface area contributed by atoms with Gasteiger partial charge < -0.3 is 9.64 Å². The highest BCUT2D eigenvalue weighted by atomic mass is 16.5. The van der Waals surface area contributed by atoms with Gasteiger partial charge in [0, 0.05) is 50.6 Å². The first-order chi connectivity index (χ1) is 15.5. The third-order valence-corrected chi connectivity index (χ3v) is 5.56. The highest BCUT2D eigenvalue weighted by molar-refractivity contribution is 5.95. The summed E-state index contributed by atoms with van der Waals surface area (Å²) in [4.78, 5) is 29.5. The van der Waals surface area contributed by atoms with Gasteiger partial charge in [0.1, 0.15) is 5.75 Å². The van der Waals surface area contributed by atoms with Crippen LogP contribution >= 0.6 is 0 Å². The Morgan fingerprint density at radius 2 is 1.69 bits per heavy atom. The largest absolute Gasteiger partial charge is 0.489 e. The van der Waals surface area contributed by atoms with Crippen LogP contribution in [0.15, 0.2) is 77.7 Å². The van der Waals surface area contributed by atoms with Crippen molar-refractivity contribution in [3.05, 3.63) is 94.4 Å². The quantitative estimate of drug-likeness (QED) is 0.596. The number of carbonyl (C=O) groups is 1. The smallest absolute Gasteiger partial charge is 0.264 e. The molecule has 2 aromatic carbocycles. The standard InChI is InChI=1S/C26H29N3O3/c1-20(2)32-24-11-4-3-10-23(24)28-16-14-27(15-17-28)19-21-8-7-9-22(18-21)26(31)29-13-6-5-12-25(29)30/h3-13,18,20H,14-17,19H2,1-2H3. The lowest BCUT2D eigenvalue weighted by Crippen LogP contribution is -2.46. The Kier molecular flexibility index (Phi) is 6.71. The lowest BCUT2D eigenvalue weighted by atomic mass is 10.1. The summed E-state index contributed by atoms with van der Waals surface area (Å²) in [5, 5.41) is 0. The van der Waals surface area contributed by atoms with E-state index in [0.717, 1.165) is 54.3 Å². The van der Waals surface area contributed by atoms with Gasteiger partial charge in [0.2, 0.25) is 0 Å². The van der Waals surface area contributed by atoms with Crippen LogP contribution in [0.3, 0.4) is 0 Å². The third-order valence-electron chi connectivity index (χ3n) is 5.56. The molecule has 0 atom stereocenters. The summed E-state index contributed by atoms with van der Waals surface area (Å²) in [5.41, 5.74) is 2.41. The lowest BCUT2D eigenvalue weighted by Gasteiger charge is -2.37. The monoisotopic (exact) mass is 431 g/mol. The van der Waals surface area contributed by atoms with Gasteiger partial charge in [-0.1, -0.05) is 30.3 Å². The highest BCUT2D eigenvalue weighted by Gasteiger charge is 2.20. The maximum absolute atomic E-state index is 12.8. The first-order valence-electron chi connectivity index (χ1n) is 11.1. The number of hydrogen-bond acceptors (Lipinski definition) is 5. The second-order valence-corrected chi connectivity index (χ2v) is 8.31. The summed E-state index contributed by atoms with van der Waals surface area (Å²) < 4.78 is 7.14. The summed E-state index contributed by atoms with van der Waals surface area (Å²) in [5.74, 6) is 0.627. The van der Waals surface area contributed by atoms with Gasteiger partial charge in [-0.15, -0.1) is 0 Å². The molecule has 32 heavy (non-hydrogen) atoms. The van der Waals surface area contributed by atoms with E-state index in [9.17, 15) is 9.59 Å². The Morgan fingerprint density at radius 3 is 2.44 bits per heavy atom. The van der Waals surface area contributed by atoms with Crippen molar-refractivity contribution in [1.82, 2.24) is 9.47 Å². The van der Waals surface area contributed by atoms with Crippen molar-refractivity contribution in [3.63, 3.8) is 0 Å². The van der Waals surface area contributed by atoms with Crippen molar-refractivity contribution >= 4 is 11.6 Å². The second kappa shape index (κ2) is 9.83. The molecule has 0 amide bonds. The van der Waals surface area contributed by atoms with Crippen molar-refractivity contribution in [1.29, 1.82) is 0 Å². The lowest BCUT2D eigenvalue weighted by molar-refractivity contribution is 0.0955. The molecule has 3 aromatic rings. The van der Waals surface area contributed by atoms with Gasteiger partial charge in [-0.3, -0.25) is 14.5 Å². The molecular weight excluding hydrogens is 402 g/mol. The van der Waals surface area contributed by atoms with Crippen LogP contribution in [0, 0.1) is 0 Å². The Balaban J connectivity index is 1.40. The van der Waals surface area contributed by atoms with Gasteiger partial charge >= 0.3 is 0 Å². The summed E-state index contributed by atoms with van der Waals surface area (Å²) >= 11 is 0. The second-order valence-electron chi connectivity index (χ2n) is 8.31. The molecule has 4 rings (SSSR count). The SMILES string of the molecule is CC(C)Oc1ccccc1N1CCN(Cc2cccc(C(=O)n3ccccc3=O)c2)CC1. The van der Waals surface area contributed by atoms with Crippen molar-refractivity contribution in [2.45, 2.75) is 26.5 Å². The molecule has 166 valence electrons. The zero-order valence-corrected chi connectivity index (χ0v) is 18.6. The number of para-hydroxylation sites is 2. The van der Waals surface area contributed by atoms with E-state index in [-0.39, 0.29) is 17.6 Å². The summed E-state index contributed by atoms with van der Waals surface area (Å²) in [7, 11) is 0. The molecule has 0 saturated carbocycles. The van der Waals surface area contributed by atoms with Crippen molar-refractivity contribution in [3.8, 4) is 5.75 Å². The average molecular weight is 432 g/mol. The number of nitrogens with zero attached hydrogens (tertiary/aromatic N) is 3. The summed E-state index contributed by atoms with van der Waals surface area (Å²) in [6.07, 6.45) is 1.65. The van der Waals surface area contributed by atoms with Crippen LogP contribution in [0.1, 0.15) is 29.8 Å².